The Kier molecular flexibility index (Phi) is 4.12. The van der Waals surface area contributed by atoms with Gasteiger partial charge in [-0.15, -0.1) is 0 Å². The minimum Gasteiger partial charge on any atom is -0.465 e. The van der Waals surface area contributed by atoms with Crippen LogP contribution in [-0.4, -0.2) is 17.5 Å². The molecule has 0 aliphatic carbocycles. The normalized spacial score (nSPS) is 11.8. The third-order valence-corrected chi connectivity index (χ3v) is 2.15. The highest BCUT2D eigenvalue weighted by molar-refractivity contribution is 6.30. The lowest BCUT2D eigenvalue weighted by Gasteiger charge is -2.14. The highest BCUT2D eigenvalue weighted by atomic mass is 35.5. The molecular weight excluding hydrogens is 218 g/mol. The van der Waals surface area contributed by atoms with E-state index in [4.69, 9.17) is 16.7 Å². The van der Waals surface area contributed by atoms with Crippen molar-refractivity contribution in [3.05, 3.63) is 34.9 Å². The zero-order valence-electron chi connectivity index (χ0n) is 7.81. The van der Waals surface area contributed by atoms with E-state index in [1.54, 1.807) is 24.3 Å². The molecule has 1 atom stereocenters. The van der Waals surface area contributed by atoms with E-state index in [0.29, 0.717) is 16.9 Å². The van der Waals surface area contributed by atoms with E-state index in [1.165, 1.54) is 0 Å². The highest BCUT2D eigenvalue weighted by Gasteiger charge is 2.12. The van der Waals surface area contributed by atoms with Crippen LogP contribution in [-0.2, 0) is 4.79 Å². The number of hydrogen-bond acceptors (Lipinski definition) is 2. The van der Waals surface area contributed by atoms with E-state index >= 15 is 0 Å². The number of benzene rings is 1. The number of aldehydes is 1. The second-order valence-corrected chi connectivity index (χ2v) is 3.39. The maximum atomic E-state index is 10.5. The molecule has 0 spiro atoms. The van der Waals surface area contributed by atoms with Crippen LogP contribution in [0, 0.1) is 0 Å². The lowest BCUT2D eigenvalue weighted by Crippen LogP contribution is -2.26. The highest BCUT2D eigenvalue weighted by Crippen LogP contribution is 2.18. The molecule has 0 bridgehead atoms. The molecule has 15 heavy (non-hydrogen) atoms. The van der Waals surface area contributed by atoms with E-state index in [0.717, 1.165) is 0 Å². The Morgan fingerprint density at radius 3 is 2.53 bits per heavy atom. The van der Waals surface area contributed by atoms with Crippen molar-refractivity contribution in [1.82, 2.24) is 5.32 Å². The van der Waals surface area contributed by atoms with Crippen molar-refractivity contribution in [2.75, 3.05) is 0 Å². The molecule has 0 aliphatic heterocycles. The third-order valence-electron chi connectivity index (χ3n) is 1.90. The summed E-state index contributed by atoms with van der Waals surface area (Å²) in [5, 5.41) is 11.4. The summed E-state index contributed by atoms with van der Waals surface area (Å²) in [6.07, 6.45) is -0.375. The molecule has 80 valence electrons. The predicted molar refractivity (Wildman–Crippen MR) is 56.0 cm³/mol. The molecule has 1 rings (SSSR count). The van der Waals surface area contributed by atoms with Crippen molar-refractivity contribution in [3.63, 3.8) is 0 Å². The monoisotopic (exact) mass is 227 g/mol. The van der Waals surface area contributed by atoms with Crippen LogP contribution >= 0.6 is 11.6 Å². The number of halogens is 1. The largest absolute Gasteiger partial charge is 0.465 e. The number of carbonyl (C=O) groups is 2. The average molecular weight is 228 g/mol. The van der Waals surface area contributed by atoms with Gasteiger partial charge in [0, 0.05) is 11.4 Å². The molecule has 1 aromatic rings. The standard InChI is InChI=1S/C10H10ClNO3/c11-8-3-1-7(2-4-8)9(5-6-13)12-10(14)15/h1-4,6,9,12H,5H2,(H,14,15)/t9-/m0/s1. The van der Waals surface area contributed by atoms with E-state index < -0.39 is 12.1 Å². The first-order valence-electron chi connectivity index (χ1n) is 4.32. The summed E-state index contributed by atoms with van der Waals surface area (Å²) in [5.74, 6) is 0. The van der Waals surface area contributed by atoms with Gasteiger partial charge in [-0.2, -0.15) is 0 Å². The molecule has 2 N–H and O–H groups in total. The molecule has 0 heterocycles. The van der Waals surface area contributed by atoms with Crippen LogP contribution < -0.4 is 5.32 Å². The summed E-state index contributed by atoms with van der Waals surface area (Å²) in [6, 6.07) is 6.16. The Labute approximate surface area is 91.9 Å². The third kappa shape index (κ3) is 3.59. The minimum atomic E-state index is -1.16. The van der Waals surface area contributed by atoms with Gasteiger partial charge in [-0.3, -0.25) is 0 Å². The van der Waals surface area contributed by atoms with Crippen LogP contribution in [0.1, 0.15) is 18.0 Å². The van der Waals surface area contributed by atoms with E-state index in [1.807, 2.05) is 0 Å². The number of nitrogens with one attached hydrogen (secondary N) is 1. The Bertz CT molecular complexity index is 350. The molecule has 0 saturated carbocycles. The number of rotatable bonds is 4. The first-order chi connectivity index (χ1) is 7.13. The fourth-order valence-corrected chi connectivity index (χ4v) is 1.34. The van der Waals surface area contributed by atoms with Crippen molar-refractivity contribution in [1.29, 1.82) is 0 Å². The summed E-state index contributed by atoms with van der Waals surface area (Å²) >= 11 is 5.69. The maximum Gasteiger partial charge on any atom is 0.405 e. The summed E-state index contributed by atoms with van der Waals surface area (Å²) in [4.78, 5) is 20.8. The number of carbonyl (C=O) groups excluding carboxylic acids is 1. The van der Waals surface area contributed by atoms with E-state index in [-0.39, 0.29) is 6.42 Å². The van der Waals surface area contributed by atoms with Crippen LogP contribution in [0.2, 0.25) is 5.02 Å². The molecular formula is C10H10ClNO3. The van der Waals surface area contributed by atoms with Crippen molar-refractivity contribution in [3.8, 4) is 0 Å². The zero-order valence-corrected chi connectivity index (χ0v) is 8.57. The maximum absolute atomic E-state index is 10.5. The molecule has 0 radical (unpaired) electrons. The van der Waals surface area contributed by atoms with Gasteiger partial charge in [0.2, 0.25) is 0 Å². The van der Waals surface area contributed by atoms with Crippen molar-refractivity contribution in [2.45, 2.75) is 12.5 Å². The second kappa shape index (κ2) is 5.36. The minimum absolute atomic E-state index is 0.105. The molecule has 1 amide bonds. The topological polar surface area (TPSA) is 66.4 Å². The molecule has 1 aromatic carbocycles. The Hall–Kier alpha value is -1.55. The van der Waals surface area contributed by atoms with Crippen LogP contribution in [0.4, 0.5) is 4.79 Å². The first-order valence-corrected chi connectivity index (χ1v) is 4.70. The van der Waals surface area contributed by atoms with Gasteiger partial charge in [-0.1, -0.05) is 23.7 Å². The van der Waals surface area contributed by atoms with Crippen LogP contribution in [0.5, 0.6) is 0 Å². The molecule has 0 fully saturated rings. The smallest absolute Gasteiger partial charge is 0.405 e. The summed E-state index contributed by atoms with van der Waals surface area (Å²) < 4.78 is 0. The Balaban J connectivity index is 2.83. The summed E-state index contributed by atoms with van der Waals surface area (Å²) in [5.41, 5.74) is 0.717. The van der Waals surface area contributed by atoms with Gasteiger partial charge in [0.1, 0.15) is 6.29 Å². The second-order valence-electron chi connectivity index (χ2n) is 2.96. The molecule has 0 unspecified atom stereocenters. The quantitative estimate of drug-likeness (QED) is 0.776. The summed E-state index contributed by atoms with van der Waals surface area (Å²) in [7, 11) is 0. The van der Waals surface area contributed by atoms with Gasteiger partial charge in [-0.25, -0.2) is 4.79 Å². The van der Waals surface area contributed by atoms with Crippen molar-refractivity contribution >= 4 is 24.0 Å². The molecule has 0 aliphatic rings. The van der Waals surface area contributed by atoms with Gasteiger partial charge < -0.3 is 15.2 Å². The Morgan fingerprint density at radius 1 is 1.47 bits per heavy atom. The number of amides is 1. The van der Waals surface area contributed by atoms with Crippen LogP contribution in [0.25, 0.3) is 0 Å². The fourth-order valence-electron chi connectivity index (χ4n) is 1.22. The predicted octanol–water partition coefficient (Wildman–Crippen LogP) is 2.24. The first kappa shape index (κ1) is 11.5. The SMILES string of the molecule is O=CC[C@H](NC(=O)O)c1ccc(Cl)cc1. The lowest BCUT2D eigenvalue weighted by atomic mass is 10.0. The molecule has 0 saturated heterocycles. The van der Waals surface area contributed by atoms with Gasteiger partial charge in [0.25, 0.3) is 0 Å². The van der Waals surface area contributed by atoms with E-state index in [9.17, 15) is 9.59 Å². The molecule has 0 aromatic heterocycles. The molecule has 5 heteroatoms. The van der Waals surface area contributed by atoms with Gasteiger partial charge in [0.05, 0.1) is 6.04 Å². The summed E-state index contributed by atoms with van der Waals surface area (Å²) in [6.45, 7) is 0. The van der Waals surface area contributed by atoms with Crippen LogP contribution in [0.3, 0.4) is 0 Å². The van der Waals surface area contributed by atoms with Crippen molar-refractivity contribution < 1.29 is 14.7 Å². The molecule has 4 nitrogen and oxygen atoms in total. The van der Waals surface area contributed by atoms with Gasteiger partial charge in [-0.05, 0) is 17.7 Å². The lowest BCUT2D eigenvalue weighted by molar-refractivity contribution is -0.108. The number of carboxylic acid groups (broad SMARTS) is 1. The van der Waals surface area contributed by atoms with Gasteiger partial charge in [0.15, 0.2) is 0 Å². The van der Waals surface area contributed by atoms with Gasteiger partial charge >= 0.3 is 6.09 Å². The number of hydrogen-bond donors (Lipinski definition) is 2. The zero-order chi connectivity index (χ0) is 11.3. The fraction of sp³-hybridized carbons (Fsp3) is 0.200. The Morgan fingerprint density at radius 2 is 2.07 bits per heavy atom. The average Bonchev–Trinajstić information content (AvgIpc) is 2.17. The van der Waals surface area contributed by atoms with E-state index in [2.05, 4.69) is 5.32 Å². The van der Waals surface area contributed by atoms with Crippen LogP contribution in [0.15, 0.2) is 24.3 Å². The van der Waals surface area contributed by atoms with Crippen molar-refractivity contribution in [2.24, 2.45) is 0 Å².